The monoisotopic (exact) mass is 457 g/mol. The summed E-state index contributed by atoms with van der Waals surface area (Å²) in [5.41, 5.74) is 0.903. The summed E-state index contributed by atoms with van der Waals surface area (Å²) < 4.78 is 5.83. The smallest absolute Gasteiger partial charge is 0.263 e. The van der Waals surface area contributed by atoms with Crippen LogP contribution >= 0.6 is 23.2 Å². The maximum atomic E-state index is 13.1. The summed E-state index contributed by atoms with van der Waals surface area (Å²) in [6.07, 6.45) is 3.78. The first-order valence-corrected chi connectivity index (χ1v) is 10.8. The topological polar surface area (TPSA) is 64.1 Å². The van der Waals surface area contributed by atoms with Crippen molar-refractivity contribution in [3.05, 3.63) is 88.3 Å². The van der Waals surface area contributed by atoms with Gasteiger partial charge in [0.2, 0.25) is 5.88 Å². The highest BCUT2D eigenvalue weighted by Gasteiger charge is 2.33. The highest BCUT2D eigenvalue weighted by molar-refractivity contribution is 6.30. The van der Waals surface area contributed by atoms with Crippen LogP contribution < -0.4 is 10.1 Å². The molecule has 2 atom stereocenters. The van der Waals surface area contributed by atoms with Gasteiger partial charge in [-0.1, -0.05) is 53.5 Å². The van der Waals surface area contributed by atoms with Crippen molar-refractivity contribution < 1.29 is 9.53 Å². The van der Waals surface area contributed by atoms with Gasteiger partial charge in [-0.15, -0.1) is 0 Å². The first kappa shape index (κ1) is 23.0. The van der Waals surface area contributed by atoms with Crippen molar-refractivity contribution >= 4 is 29.1 Å². The lowest BCUT2D eigenvalue weighted by atomic mass is 9.87. The molecule has 0 fully saturated rings. The number of nitrogens with one attached hydrogen (secondary N) is 1. The minimum atomic E-state index is -1.12. The number of carbonyl (C=O) groups excluding carboxylic acids is 1. The van der Waals surface area contributed by atoms with Crippen LogP contribution in [0, 0.1) is 0 Å². The third-order valence-electron chi connectivity index (χ3n) is 5.01. The highest BCUT2D eigenvalue weighted by Crippen LogP contribution is 2.25. The molecule has 5 nitrogen and oxygen atoms in total. The predicted octanol–water partition coefficient (Wildman–Crippen LogP) is 5.47. The Morgan fingerprint density at radius 2 is 1.65 bits per heavy atom. The Kier molecular flexibility index (Phi) is 7.52. The van der Waals surface area contributed by atoms with Crippen molar-refractivity contribution in [2.75, 3.05) is 0 Å². The number of benzene rings is 1. The molecule has 2 aromatic heterocycles. The minimum absolute atomic E-state index is 0.0169. The second-order valence-electron chi connectivity index (χ2n) is 7.88. The van der Waals surface area contributed by atoms with E-state index < -0.39 is 5.60 Å². The van der Waals surface area contributed by atoms with E-state index in [0.717, 1.165) is 11.3 Å². The number of aromatic nitrogens is 2. The van der Waals surface area contributed by atoms with Gasteiger partial charge in [-0.05, 0) is 51.0 Å². The Balaban J connectivity index is 1.75. The lowest BCUT2D eigenvalue weighted by molar-refractivity contribution is -0.135. The minimum Gasteiger partial charge on any atom is -0.462 e. The molecule has 0 aliphatic heterocycles. The van der Waals surface area contributed by atoms with E-state index in [9.17, 15) is 4.79 Å². The Morgan fingerprint density at radius 1 is 1.00 bits per heavy atom. The average molecular weight is 458 g/mol. The zero-order chi connectivity index (χ0) is 22.4. The predicted molar refractivity (Wildman–Crippen MR) is 124 cm³/mol. The van der Waals surface area contributed by atoms with Crippen LogP contribution in [0.5, 0.6) is 5.88 Å². The van der Waals surface area contributed by atoms with Crippen LogP contribution in [-0.4, -0.2) is 27.5 Å². The van der Waals surface area contributed by atoms with Crippen LogP contribution in [0.4, 0.5) is 0 Å². The molecule has 0 spiro atoms. The Hall–Kier alpha value is -2.63. The van der Waals surface area contributed by atoms with Crippen LogP contribution in [0.2, 0.25) is 10.0 Å². The number of amides is 1. The van der Waals surface area contributed by atoms with Gasteiger partial charge in [0.05, 0.1) is 10.0 Å². The summed E-state index contributed by atoms with van der Waals surface area (Å²) in [5, 5.41) is 4.21. The number of ether oxygens (including phenoxy) is 1. The maximum Gasteiger partial charge on any atom is 0.263 e. The Bertz CT molecular complexity index is 994. The number of nitrogens with zero attached hydrogens (tertiary/aromatic N) is 2. The van der Waals surface area contributed by atoms with E-state index in [1.54, 1.807) is 32.2 Å². The van der Waals surface area contributed by atoms with Gasteiger partial charge < -0.3 is 10.1 Å². The third kappa shape index (κ3) is 6.42. The zero-order valence-corrected chi connectivity index (χ0v) is 19.2. The molecule has 3 rings (SSSR count). The second kappa shape index (κ2) is 10.1. The molecule has 1 N–H and O–H groups in total. The van der Waals surface area contributed by atoms with Gasteiger partial charge >= 0.3 is 0 Å². The number of halogens is 2. The number of hydrogen-bond acceptors (Lipinski definition) is 4. The summed E-state index contributed by atoms with van der Waals surface area (Å²) >= 11 is 11.8. The lowest BCUT2D eigenvalue weighted by Crippen LogP contribution is -2.51. The van der Waals surface area contributed by atoms with Crippen molar-refractivity contribution in [3.8, 4) is 5.88 Å². The fourth-order valence-corrected chi connectivity index (χ4v) is 3.47. The molecule has 0 saturated heterocycles. The van der Waals surface area contributed by atoms with Gasteiger partial charge in [-0.3, -0.25) is 9.78 Å². The maximum absolute atomic E-state index is 13.1. The van der Waals surface area contributed by atoms with Crippen LogP contribution in [0.3, 0.4) is 0 Å². The molecule has 0 aliphatic rings. The number of hydrogen-bond donors (Lipinski definition) is 1. The number of rotatable bonds is 8. The normalized spacial score (nSPS) is 13.3. The van der Waals surface area contributed by atoms with Crippen molar-refractivity contribution in [1.82, 2.24) is 15.3 Å². The van der Waals surface area contributed by atoms with Crippen molar-refractivity contribution in [2.24, 2.45) is 0 Å². The molecule has 0 saturated carbocycles. The first-order valence-electron chi connectivity index (χ1n) is 10.0. The van der Waals surface area contributed by atoms with Gasteiger partial charge in [0, 0.05) is 36.1 Å². The first-order chi connectivity index (χ1) is 14.7. The van der Waals surface area contributed by atoms with Gasteiger partial charge in [-0.25, -0.2) is 4.98 Å². The number of pyridine rings is 2. The van der Waals surface area contributed by atoms with E-state index in [4.69, 9.17) is 27.9 Å². The largest absolute Gasteiger partial charge is 0.462 e. The molecular formula is C24H25Cl2N3O2. The van der Waals surface area contributed by atoms with Crippen LogP contribution in [-0.2, 0) is 11.2 Å². The molecule has 1 amide bonds. The van der Waals surface area contributed by atoms with E-state index in [1.165, 1.54) is 6.20 Å². The SMILES string of the molecule is CC(NC(=O)C(C)(C)Oc1ccc(Cl)cn1)C(Cc1ccc(Cl)cn1)c1ccccc1. The van der Waals surface area contributed by atoms with Gasteiger partial charge in [0.25, 0.3) is 5.91 Å². The lowest BCUT2D eigenvalue weighted by Gasteiger charge is -2.30. The summed E-state index contributed by atoms with van der Waals surface area (Å²) in [7, 11) is 0. The average Bonchev–Trinajstić information content (AvgIpc) is 2.75. The van der Waals surface area contributed by atoms with Gasteiger partial charge in [-0.2, -0.15) is 0 Å². The Labute approximate surface area is 192 Å². The van der Waals surface area contributed by atoms with E-state index in [1.807, 2.05) is 37.3 Å². The summed E-state index contributed by atoms with van der Waals surface area (Å²) in [5.74, 6) is 0.118. The number of carbonyl (C=O) groups is 1. The van der Waals surface area contributed by atoms with Crippen molar-refractivity contribution in [1.29, 1.82) is 0 Å². The molecule has 2 heterocycles. The molecule has 2 unspecified atom stereocenters. The van der Waals surface area contributed by atoms with E-state index in [2.05, 4.69) is 27.4 Å². The fraction of sp³-hybridized carbons (Fsp3) is 0.292. The molecule has 162 valence electrons. The standard InChI is InChI=1S/C24H25Cl2N3O2/c1-16(29-23(30)24(2,3)31-22-12-10-19(26)15-28-22)21(17-7-5-4-6-8-17)13-20-11-9-18(25)14-27-20/h4-12,14-16,21H,13H2,1-3H3,(H,29,30). The molecule has 0 radical (unpaired) electrons. The molecule has 0 aliphatic carbocycles. The van der Waals surface area contributed by atoms with Crippen LogP contribution in [0.1, 0.15) is 37.9 Å². The van der Waals surface area contributed by atoms with Crippen LogP contribution in [0.15, 0.2) is 67.0 Å². The summed E-state index contributed by atoms with van der Waals surface area (Å²) in [6.45, 7) is 5.41. The molecule has 1 aromatic carbocycles. The summed E-state index contributed by atoms with van der Waals surface area (Å²) in [6, 6.07) is 16.9. The van der Waals surface area contributed by atoms with E-state index in [0.29, 0.717) is 22.3 Å². The highest BCUT2D eigenvalue weighted by atomic mass is 35.5. The van der Waals surface area contributed by atoms with E-state index in [-0.39, 0.29) is 17.9 Å². The third-order valence-corrected chi connectivity index (χ3v) is 5.46. The molecule has 0 bridgehead atoms. The van der Waals surface area contributed by atoms with Gasteiger partial charge in [0.15, 0.2) is 5.60 Å². The molecule has 3 aromatic rings. The zero-order valence-electron chi connectivity index (χ0n) is 17.7. The van der Waals surface area contributed by atoms with E-state index >= 15 is 0 Å². The van der Waals surface area contributed by atoms with Crippen molar-refractivity contribution in [3.63, 3.8) is 0 Å². The molecule has 7 heteroatoms. The summed E-state index contributed by atoms with van der Waals surface area (Å²) in [4.78, 5) is 21.6. The van der Waals surface area contributed by atoms with Crippen molar-refractivity contribution in [2.45, 2.75) is 44.8 Å². The fourth-order valence-electron chi connectivity index (χ4n) is 3.25. The second-order valence-corrected chi connectivity index (χ2v) is 8.75. The molecule has 31 heavy (non-hydrogen) atoms. The quantitative estimate of drug-likeness (QED) is 0.486. The van der Waals surface area contributed by atoms with Crippen LogP contribution in [0.25, 0.3) is 0 Å². The van der Waals surface area contributed by atoms with Gasteiger partial charge in [0.1, 0.15) is 0 Å². The Morgan fingerprint density at radius 3 is 2.23 bits per heavy atom. The molecular weight excluding hydrogens is 433 g/mol.